The summed E-state index contributed by atoms with van der Waals surface area (Å²) in [5.41, 5.74) is 0.218. The second-order valence-corrected chi connectivity index (χ2v) is 14.3. The molecule has 29 heavy (non-hydrogen) atoms. The third kappa shape index (κ3) is 5.38. The summed E-state index contributed by atoms with van der Waals surface area (Å²) in [4.78, 5) is 25.9. The lowest BCUT2D eigenvalue weighted by Gasteiger charge is -2.40. The van der Waals surface area contributed by atoms with Crippen molar-refractivity contribution < 1.29 is 18.8 Å². The molecule has 0 radical (unpaired) electrons. The van der Waals surface area contributed by atoms with E-state index in [1.807, 2.05) is 25.2 Å². The molecule has 0 spiro atoms. The Bertz CT molecular complexity index is 736. The summed E-state index contributed by atoms with van der Waals surface area (Å²) in [6, 6.07) is 0. The molecule has 0 saturated heterocycles. The highest BCUT2D eigenvalue weighted by atomic mass is 28.4. The minimum absolute atomic E-state index is 0.0891. The summed E-state index contributed by atoms with van der Waals surface area (Å²) in [6.45, 7) is 22.6. The van der Waals surface area contributed by atoms with Gasteiger partial charge < -0.3 is 9.16 Å². The van der Waals surface area contributed by atoms with Gasteiger partial charge in [-0.05, 0) is 62.9 Å². The van der Waals surface area contributed by atoms with E-state index in [0.29, 0.717) is 30.6 Å². The molecule has 2 atom stereocenters. The molecular formula is C24H38O4Si. The van der Waals surface area contributed by atoms with Crippen LogP contribution < -0.4 is 0 Å². The van der Waals surface area contributed by atoms with Gasteiger partial charge in [0, 0.05) is 5.92 Å². The van der Waals surface area contributed by atoms with Gasteiger partial charge in [0.15, 0.2) is 5.78 Å². The van der Waals surface area contributed by atoms with Crippen LogP contribution in [0.5, 0.6) is 0 Å². The molecule has 162 valence electrons. The lowest BCUT2D eigenvalue weighted by atomic mass is 9.61. The Kier molecular flexibility index (Phi) is 8.06. The fourth-order valence-electron chi connectivity index (χ4n) is 3.57. The van der Waals surface area contributed by atoms with Gasteiger partial charge >= 0.3 is 5.97 Å². The second kappa shape index (κ2) is 9.29. The first-order chi connectivity index (χ1) is 13.2. The number of hydrogen-bond donors (Lipinski definition) is 0. The Morgan fingerprint density at radius 2 is 1.93 bits per heavy atom. The zero-order valence-corrected chi connectivity index (χ0v) is 20.5. The number of ketones is 1. The van der Waals surface area contributed by atoms with Gasteiger partial charge in [-0.15, -0.1) is 0 Å². The molecule has 0 unspecified atom stereocenters. The van der Waals surface area contributed by atoms with Crippen LogP contribution in [0.3, 0.4) is 0 Å². The first-order valence-corrected chi connectivity index (χ1v) is 13.1. The van der Waals surface area contributed by atoms with Gasteiger partial charge in [0.05, 0.1) is 12.9 Å². The smallest absolute Gasteiger partial charge is 0.320 e. The number of carbonyl (C=O) groups excluding carboxylic acids is 2. The van der Waals surface area contributed by atoms with E-state index in [1.165, 1.54) is 7.11 Å². The van der Waals surface area contributed by atoms with E-state index in [2.05, 4.69) is 47.0 Å². The minimum atomic E-state index is -1.94. The summed E-state index contributed by atoms with van der Waals surface area (Å²) >= 11 is 0. The lowest BCUT2D eigenvalue weighted by molar-refractivity contribution is -0.161. The number of esters is 1. The van der Waals surface area contributed by atoms with E-state index in [9.17, 15) is 9.59 Å². The van der Waals surface area contributed by atoms with Crippen LogP contribution >= 0.6 is 0 Å². The van der Waals surface area contributed by atoms with Gasteiger partial charge in [-0.2, -0.15) is 0 Å². The number of hydrogen-bond acceptors (Lipinski definition) is 4. The van der Waals surface area contributed by atoms with E-state index in [-0.39, 0.29) is 16.7 Å². The molecule has 0 aromatic rings. The molecule has 0 saturated carbocycles. The molecule has 0 bridgehead atoms. The number of carbonyl (C=O) groups is 2. The van der Waals surface area contributed by atoms with Crippen molar-refractivity contribution in [3.05, 3.63) is 48.3 Å². The van der Waals surface area contributed by atoms with E-state index in [4.69, 9.17) is 9.16 Å². The minimum Gasteiger partial charge on any atom is -0.544 e. The Morgan fingerprint density at radius 1 is 1.34 bits per heavy atom. The monoisotopic (exact) mass is 418 g/mol. The van der Waals surface area contributed by atoms with E-state index < -0.39 is 19.7 Å². The molecule has 1 rings (SSSR count). The zero-order chi connectivity index (χ0) is 22.6. The maximum Gasteiger partial charge on any atom is 0.320 e. The zero-order valence-electron chi connectivity index (χ0n) is 19.5. The van der Waals surface area contributed by atoms with Crippen LogP contribution in [-0.4, -0.2) is 27.2 Å². The van der Waals surface area contributed by atoms with Gasteiger partial charge in [0.1, 0.15) is 5.41 Å². The molecular weight excluding hydrogens is 380 g/mol. The lowest BCUT2D eigenvalue weighted by Crippen LogP contribution is -2.49. The molecule has 5 heteroatoms. The van der Waals surface area contributed by atoms with Crippen LogP contribution in [0.15, 0.2) is 48.3 Å². The molecule has 0 fully saturated rings. The highest BCUT2D eigenvalue weighted by Gasteiger charge is 2.54. The van der Waals surface area contributed by atoms with Crippen LogP contribution in [0.25, 0.3) is 0 Å². The molecule has 0 N–H and O–H groups in total. The number of allylic oxidation sites excluding steroid dienone is 5. The topological polar surface area (TPSA) is 52.6 Å². The van der Waals surface area contributed by atoms with Crippen molar-refractivity contribution in [1.29, 1.82) is 0 Å². The third-order valence-electron chi connectivity index (χ3n) is 6.36. The van der Waals surface area contributed by atoms with Crippen molar-refractivity contribution in [2.24, 2.45) is 11.3 Å². The maximum absolute atomic E-state index is 13.1. The third-order valence-corrected chi connectivity index (χ3v) is 10.7. The fourth-order valence-corrected chi connectivity index (χ4v) is 4.60. The molecule has 0 aromatic carbocycles. The largest absolute Gasteiger partial charge is 0.544 e. The number of methoxy groups -OCH3 is 1. The molecule has 1 aliphatic carbocycles. The molecule has 0 aliphatic heterocycles. The number of ether oxygens (including phenoxy) is 1. The average molecular weight is 419 g/mol. The first-order valence-electron chi connectivity index (χ1n) is 10.2. The van der Waals surface area contributed by atoms with Crippen LogP contribution in [0.4, 0.5) is 0 Å². The molecule has 4 nitrogen and oxygen atoms in total. The van der Waals surface area contributed by atoms with Gasteiger partial charge in [-0.1, -0.05) is 51.7 Å². The normalized spacial score (nSPS) is 23.0. The second-order valence-electron chi connectivity index (χ2n) is 9.58. The summed E-state index contributed by atoms with van der Waals surface area (Å²) in [7, 11) is -0.604. The molecule has 1 aliphatic rings. The standard InChI is InChI=1S/C24H38O4Si/c1-17(2)20-15-14-18(3)21(25)24(20,22(26)27-8)16-12-11-13-19(4)28-29(9,10)23(5,6)7/h11,13-14,20H,1,4,12,15-16H2,2-3,5-10H3/b13-11+/t20-,24+/m1/s1. The Hall–Kier alpha value is -1.88. The van der Waals surface area contributed by atoms with Gasteiger partial charge in [-0.3, -0.25) is 9.59 Å². The maximum atomic E-state index is 13.1. The Labute approximate surface area is 177 Å². The van der Waals surface area contributed by atoms with Crippen LogP contribution in [0.1, 0.15) is 53.9 Å². The van der Waals surface area contributed by atoms with Crippen LogP contribution in [-0.2, 0) is 18.8 Å². The summed E-state index contributed by atoms with van der Waals surface area (Å²) in [5, 5.41) is 0.0891. The molecule has 0 heterocycles. The van der Waals surface area contributed by atoms with E-state index in [1.54, 1.807) is 6.92 Å². The SMILES string of the molecule is C=C(/C=C/CC[C@@]1(C(=O)OC)C(=O)C(C)=CC[C@@H]1C(=C)C)O[Si](C)(C)C(C)(C)C. The predicted molar refractivity (Wildman–Crippen MR) is 122 cm³/mol. The summed E-state index contributed by atoms with van der Waals surface area (Å²) in [5.74, 6) is -0.279. The van der Waals surface area contributed by atoms with Crippen LogP contribution in [0.2, 0.25) is 18.1 Å². The van der Waals surface area contributed by atoms with E-state index in [0.717, 1.165) is 5.57 Å². The highest BCUT2D eigenvalue weighted by Crippen LogP contribution is 2.46. The first kappa shape index (κ1) is 25.2. The van der Waals surface area contributed by atoms with Crippen molar-refractivity contribution in [3.63, 3.8) is 0 Å². The van der Waals surface area contributed by atoms with Crippen molar-refractivity contribution in [2.75, 3.05) is 7.11 Å². The molecule has 0 aromatic heterocycles. The van der Waals surface area contributed by atoms with E-state index >= 15 is 0 Å². The Balaban J connectivity index is 3.02. The van der Waals surface area contributed by atoms with Gasteiger partial charge in [0.25, 0.3) is 0 Å². The number of Topliss-reactive ketones (excluding diaryl/α,β-unsaturated/α-hetero) is 1. The van der Waals surface area contributed by atoms with Crippen LogP contribution in [0, 0.1) is 11.3 Å². The van der Waals surface area contributed by atoms with Crippen molar-refractivity contribution in [1.82, 2.24) is 0 Å². The highest BCUT2D eigenvalue weighted by molar-refractivity contribution is 6.74. The fraction of sp³-hybridized carbons (Fsp3) is 0.583. The van der Waals surface area contributed by atoms with Crippen molar-refractivity contribution >= 4 is 20.1 Å². The summed E-state index contributed by atoms with van der Waals surface area (Å²) in [6.07, 6.45) is 7.19. The summed E-state index contributed by atoms with van der Waals surface area (Å²) < 4.78 is 11.2. The van der Waals surface area contributed by atoms with Gasteiger partial charge in [0.2, 0.25) is 8.32 Å². The average Bonchev–Trinajstić information content (AvgIpc) is 2.59. The van der Waals surface area contributed by atoms with Gasteiger partial charge in [-0.25, -0.2) is 0 Å². The van der Waals surface area contributed by atoms with Crippen molar-refractivity contribution in [2.45, 2.75) is 72.0 Å². The van der Waals surface area contributed by atoms with Crippen molar-refractivity contribution in [3.8, 4) is 0 Å². The number of rotatable bonds is 8. The molecule has 0 amide bonds. The Morgan fingerprint density at radius 3 is 2.41 bits per heavy atom. The quantitative estimate of drug-likeness (QED) is 0.119. The predicted octanol–water partition coefficient (Wildman–Crippen LogP) is 6.13.